The average molecular weight is 255 g/mol. The molecule has 0 radical (unpaired) electrons. The molecular formula is C16H17NO2. The van der Waals surface area contributed by atoms with Gasteiger partial charge in [0.05, 0.1) is 0 Å². The number of pyridine rings is 1. The Morgan fingerprint density at radius 1 is 1.05 bits per heavy atom. The summed E-state index contributed by atoms with van der Waals surface area (Å²) in [5.74, 6) is -0.254. The van der Waals surface area contributed by atoms with E-state index in [0.29, 0.717) is 10.3 Å². The number of nitrogens with zero attached hydrogens (tertiary/aromatic N) is 1. The fraction of sp³-hybridized carbons (Fsp3) is 0.250. The molecule has 3 nitrogen and oxygen atoms in total. The zero-order valence-electron chi connectivity index (χ0n) is 11.4. The van der Waals surface area contributed by atoms with Gasteiger partial charge in [0.1, 0.15) is 0 Å². The number of ketones is 1. The molecule has 0 aliphatic rings. The largest absolute Gasteiger partial charge is 0.618 e. The van der Waals surface area contributed by atoms with Crippen molar-refractivity contribution < 1.29 is 9.52 Å². The summed E-state index contributed by atoms with van der Waals surface area (Å²) in [6.07, 6.45) is 1.33. The average Bonchev–Trinajstić information content (AvgIpc) is 2.38. The Balaban J connectivity index is 2.34. The molecule has 3 heteroatoms. The third-order valence-corrected chi connectivity index (χ3v) is 3.07. The zero-order valence-corrected chi connectivity index (χ0v) is 11.4. The van der Waals surface area contributed by atoms with Crippen molar-refractivity contribution in [3.63, 3.8) is 0 Å². The SMILES string of the molecule is CC(C)(C)c1ccc(C(=O)c2cccc[n+]2[O-])cc1. The van der Waals surface area contributed by atoms with Crippen LogP contribution in [0.4, 0.5) is 0 Å². The van der Waals surface area contributed by atoms with E-state index >= 15 is 0 Å². The van der Waals surface area contributed by atoms with Gasteiger partial charge < -0.3 is 5.21 Å². The van der Waals surface area contributed by atoms with Gasteiger partial charge in [0, 0.05) is 17.7 Å². The van der Waals surface area contributed by atoms with Gasteiger partial charge in [-0.3, -0.25) is 4.79 Å². The van der Waals surface area contributed by atoms with E-state index in [0.717, 1.165) is 5.56 Å². The van der Waals surface area contributed by atoms with Crippen molar-refractivity contribution in [2.45, 2.75) is 26.2 Å². The highest BCUT2D eigenvalue weighted by molar-refractivity contribution is 6.06. The van der Waals surface area contributed by atoms with Crippen molar-refractivity contribution in [3.05, 3.63) is 70.7 Å². The molecular weight excluding hydrogens is 238 g/mol. The number of benzene rings is 1. The van der Waals surface area contributed by atoms with E-state index in [4.69, 9.17) is 0 Å². The van der Waals surface area contributed by atoms with Crippen LogP contribution in [0.2, 0.25) is 0 Å². The Morgan fingerprint density at radius 3 is 2.21 bits per heavy atom. The molecule has 19 heavy (non-hydrogen) atoms. The lowest BCUT2D eigenvalue weighted by Gasteiger charge is -2.18. The molecule has 0 bridgehead atoms. The summed E-state index contributed by atoms with van der Waals surface area (Å²) < 4.78 is 0.597. The van der Waals surface area contributed by atoms with Crippen LogP contribution < -0.4 is 4.73 Å². The Labute approximate surface area is 113 Å². The van der Waals surface area contributed by atoms with E-state index in [2.05, 4.69) is 20.8 Å². The summed E-state index contributed by atoms with van der Waals surface area (Å²) in [7, 11) is 0. The third-order valence-electron chi connectivity index (χ3n) is 3.07. The summed E-state index contributed by atoms with van der Waals surface area (Å²) in [4.78, 5) is 12.2. The first-order chi connectivity index (χ1) is 8.89. The Morgan fingerprint density at radius 2 is 1.68 bits per heavy atom. The lowest BCUT2D eigenvalue weighted by molar-refractivity contribution is -0.607. The molecule has 2 aromatic rings. The Hall–Kier alpha value is -2.16. The number of hydrogen-bond acceptors (Lipinski definition) is 2. The minimum atomic E-state index is -0.254. The van der Waals surface area contributed by atoms with Gasteiger partial charge in [-0.05, 0) is 17.0 Å². The van der Waals surface area contributed by atoms with Crippen molar-refractivity contribution >= 4 is 5.78 Å². The van der Waals surface area contributed by atoms with Crippen LogP contribution in [0.15, 0.2) is 48.7 Å². The van der Waals surface area contributed by atoms with Crippen LogP contribution in [0, 0.1) is 5.21 Å². The van der Waals surface area contributed by atoms with Crippen LogP contribution in [0.3, 0.4) is 0 Å². The minimum Gasteiger partial charge on any atom is -0.618 e. The van der Waals surface area contributed by atoms with E-state index < -0.39 is 0 Å². The first-order valence-corrected chi connectivity index (χ1v) is 6.23. The number of carbonyl (C=O) groups excluding carboxylic acids is 1. The standard InChI is InChI=1S/C16H17NO2/c1-16(2,3)13-9-7-12(8-10-13)15(18)14-6-4-5-11-17(14)19/h4-11H,1-3H3. The summed E-state index contributed by atoms with van der Waals surface area (Å²) in [6, 6.07) is 12.2. The topological polar surface area (TPSA) is 44.0 Å². The predicted octanol–water partition coefficient (Wildman–Crippen LogP) is 2.85. The van der Waals surface area contributed by atoms with Crippen LogP contribution in [0.5, 0.6) is 0 Å². The molecule has 0 aliphatic carbocycles. The fourth-order valence-electron chi connectivity index (χ4n) is 1.87. The van der Waals surface area contributed by atoms with Crippen LogP contribution in [-0.4, -0.2) is 5.78 Å². The normalized spacial score (nSPS) is 11.3. The molecule has 98 valence electrons. The highest BCUT2D eigenvalue weighted by Gasteiger charge is 2.19. The maximum absolute atomic E-state index is 12.2. The summed E-state index contributed by atoms with van der Waals surface area (Å²) in [6.45, 7) is 6.35. The zero-order chi connectivity index (χ0) is 14.0. The molecule has 0 amide bonds. The number of hydrogen-bond donors (Lipinski definition) is 0. The molecule has 0 saturated carbocycles. The smallest absolute Gasteiger partial charge is 0.264 e. The molecule has 0 atom stereocenters. The number of aromatic nitrogens is 1. The van der Waals surface area contributed by atoms with Crippen LogP contribution in [0.1, 0.15) is 42.4 Å². The second-order valence-electron chi connectivity index (χ2n) is 5.57. The van der Waals surface area contributed by atoms with E-state index in [9.17, 15) is 10.0 Å². The Kier molecular flexibility index (Phi) is 3.38. The highest BCUT2D eigenvalue weighted by Crippen LogP contribution is 2.22. The quantitative estimate of drug-likeness (QED) is 0.470. The second kappa shape index (κ2) is 4.84. The second-order valence-corrected chi connectivity index (χ2v) is 5.57. The van der Waals surface area contributed by atoms with Crippen LogP contribution in [0.25, 0.3) is 0 Å². The lowest BCUT2D eigenvalue weighted by atomic mass is 9.86. The first kappa shape index (κ1) is 13.3. The molecule has 0 N–H and O–H groups in total. The summed E-state index contributed by atoms with van der Waals surface area (Å²) in [5.41, 5.74) is 1.88. The monoisotopic (exact) mass is 255 g/mol. The third kappa shape index (κ3) is 2.81. The molecule has 1 aromatic heterocycles. The highest BCUT2D eigenvalue weighted by atomic mass is 16.5. The van der Waals surface area contributed by atoms with E-state index in [1.165, 1.54) is 12.3 Å². The number of rotatable bonds is 2. The van der Waals surface area contributed by atoms with Crippen molar-refractivity contribution in [1.82, 2.24) is 0 Å². The summed E-state index contributed by atoms with van der Waals surface area (Å²) in [5, 5.41) is 11.6. The fourth-order valence-corrected chi connectivity index (χ4v) is 1.87. The first-order valence-electron chi connectivity index (χ1n) is 6.23. The van der Waals surface area contributed by atoms with Crippen LogP contribution in [-0.2, 0) is 5.41 Å². The van der Waals surface area contributed by atoms with Gasteiger partial charge in [0.2, 0.25) is 0 Å². The van der Waals surface area contributed by atoms with Gasteiger partial charge in [0.25, 0.3) is 11.5 Å². The predicted molar refractivity (Wildman–Crippen MR) is 74.0 cm³/mol. The van der Waals surface area contributed by atoms with Gasteiger partial charge in [-0.25, -0.2) is 0 Å². The van der Waals surface area contributed by atoms with E-state index in [1.807, 2.05) is 12.1 Å². The van der Waals surface area contributed by atoms with Crippen molar-refractivity contribution in [2.24, 2.45) is 0 Å². The molecule has 1 aromatic carbocycles. The molecule has 0 fully saturated rings. The number of carbonyl (C=O) groups is 1. The van der Waals surface area contributed by atoms with Crippen molar-refractivity contribution in [3.8, 4) is 0 Å². The molecule has 0 aliphatic heterocycles. The van der Waals surface area contributed by atoms with Gasteiger partial charge in [-0.1, -0.05) is 45.0 Å². The molecule has 0 spiro atoms. The lowest BCUT2D eigenvalue weighted by Crippen LogP contribution is -2.34. The van der Waals surface area contributed by atoms with Gasteiger partial charge in [-0.2, -0.15) is 4.73 Å². The van der Waals surface area contributed by atoms with Crippen molar-refractivity contribution in [2.75, 3.05) is 0 Å². The molecule has 1 heterocycles. The molecule has 0 saturated heterocycles. The molecule has 0 unspecified atom stereocenters. The minimum absolute atomic E-state index is 0.0484. The van der Waals surface area contributed by atoms with Gasteiger partial charge >= 0.3 is 0 Å². The van der Waals surface area contributed by atoms with Crippen LogP contribution >= 0.6 is 0 Å². The maximum atomic E-state index is 12.2. The van der Waals surface area contributed by atoms with E-state index in [1.54, 1.807) is 24.3 Å². The van der Waals surface area contributed by atoms with E-state index in [-0.39, 0.29) is 16.9 Å². The summed E-state index contributed by atoms with van der Waals surface area (Å²) >= 11 is 0. The molecule has 2 rings (SSSR count). The van der Waals surface area contributed by atoms with Crippen molar-refractivity contribution in [1.29, 1.82) is 0 Å². The van der Waals surface area contributed by atoms with Gasteiger partial charge in [0.15, 0.2) is 6.20 Å². The maximum Gasteiger partial charge on any atom is 0.264 e. The Bertz CT molecular complexity index is 595. The van der Waals surface area contributed by atoms with Gasteiger partial charge in [-0.15, -0.1) is 0 Å².